The number of amides is 2. The SMILES string of the molecule is Cc1ocnc1C(=O)N1CC[C@H](Oc2cccc(Br)c2)[C@@H](CC(=O)N(C)Cc2ccccc2)C1. The molecule has 0 unspecified atom stereocenters. The second-order valence-electron chi connectivity index (χ2n) is 8.61. The number of likely N-dealkylation sites (tertiary alicyclic amines) is 1. The van der Waals surface area contributed by atoms with E-state index in [2.05, 4.69) is 20.9 Å². The molecule has 8 heteroatoms. The molecule has 0 radical (unpaired) electrons. The monoisotopic (exact) mass is 525 g/mol. The molecule has 4 rings (SSSR count). The van der Waals surface area contributed by atoms with Gasteiger partial charge in [-0.25, -0.2) is 4.98 Å². The molecule has 2 amide bonds. The van der Waals surface area contributed by atoms with Crippen molar-refractivity contribution < 1.29 is 18.7 Å². The minimum atomic E-state index is -0.189. The van der Waals surface area contributed by atoms with Gasteiger partial charge in [-0.3, -0.25) is 9.59 Å². The van der Waals surface area contributed by atoms with Crippen molar-refractivity contribution in [1.29, 1.82) is 0 Å². The maximum atomic E-state index is 13.2. The van der Waals surface area contributed by atoms with Crippen molar-refractivity contribution in [2.24, 2.45) is 5.92 Å². The molecule has 2 atom stereocenters. The highest BCUT2D eigenvalue weighted by Gasteiger charge is 2.36. The van der Waals surface area contributed by atoms with E-state index in [-0.39, 0.29) is 30.3 Å². The Bertz CT molecular complexity index is 1130. The third-order valence-corrected chi connectivity index (χ3v) is 6.60. The second kappa shape index (κ2) is 10.9. The number of nitrogens with zero attached hydrogens (tertiary/aromatic N) is 3. The molecule has 2 heterocycles. The summed E-state index contributed by atoms with van der Waals surface area (Å²) in [5.41, 5.74) is 1.39. The predicted octanol–water partition coefficient (Wildman–Crippen LogP) is 4.70. The Morgan fingerprint density at radius 2 is 2.00 bits per heavy atom. The molecule has 7 nitrogen and oxygen atoms in total. The third kappa shape index (κ3) is 5.86. The molecule has 178 valence electrons. The fraction of sp³-hybridized carbons (Fsp3) is 0.346. The Kier molecular flexibility index (Phi) is 7.67. The topological polar surface area (TPSA) is 75.9 Å². The van der Waals surface area contributed by atoms with Crippen LogP contribution >= 0.6 is 15.9 Å². The van der Waals surface area contributed by atoms with Crippen LogP contribution in [0, 0.1) is 12.8 Å². The molecule has 1 fully saturated rings. The number of hydrogen-bond donors (Lipinski definition) is 0. The number of hydrogen-bond acceptors (Lipinski definition) is 5. The first-order chi connectivity index (χ1) is 16.4. The average Bonchev–Trinajstić information content (AvgIpc) is 3.26. The zero-order valence-corrected chi connectivity index (χ0v) is 20.9. The summed E-state index contributed by atoms with van der Waals surface area (Å²) in [6.45, 7) is 3.19. The maximum Gasteiger partial charge on any atom is 0.276 e. The van der Waals surface area contributed by atoms with Gasteiger partial charge in [-0.2, -0.15) is 0 Å². The van der Waals surface area contributed by atoms with Gasteiger partial charge in [-0.05, 0) is 30.7 Å². The van der Waals surface area contributed by atoms with E-state index in [9.17, 15) is 9.59 Å². The normalized spacial score (nSPS) is 17.9. The van der Waals surface area contributed by atoms with Crippen LogP contribution in [0.3, 0.4) is 0 Å². The zero-order chi connectivity index (χ0) is 24.1. The van der Waals surface area contributed by atoms with Crippen LogP contribution in [0.2, 0.25) is 0 Å². The van der Waals surface area contributed by atoms with Crippen molar-refractivity contribution in [1.82, 2.24) is 14.8 Å². The molecule has 0 spiro atoms. The summed E-state index contributed by atoms with van der Waals surface area (Å²) in [5.74, 6) is 0.912. The highest BCUT2D eigenvalue weighted by molar-refractivity contribution is 9.10. The van der Waals surface area contributed by atoms with Crippen LogP contribution in [0.5, 0.6) is 5.75 Å². The van der Waals surface area contributed by atoms with Crippen LogP contribution in [0.1, 0.15) is 34.7 Å². The quantitative estimate of drug-likeness (QED) is 0.446. The van der Waals surface area contributed by atoms with Crippen molar-refractivity contribution in [3.05, 3.63) is 82.5 Å². The molecular formula is C26H28BrN3O4. The van der Waals surface area contributed by atoms with E-state index >= 15 is 0 Å². The predicted molar refractivity (Wildman–Crippen MR) is 131 cm³/mol. The van der Waals surface area contributed by atoms with E-state index in [4.69, 9.17) is 9.15 Å². The molecular weight excluding hydrogens is 498 g/mol. The van der Waals surface area contributed by atoms with Gasteiger partial charge in [-0.15, -0.1) is 0 Å². The number of carbonyl (C=O) groups excluding carboxylic acids is 2. The molecule has 2 aromatic carbocycles. The van der Waals surface area contributed by atoms with Crippen molar-refractivity contribution in [2.45, 2.75) is 32.4 Å². The summed E-state index contributed by atoms with van der Waals surface area (Å²) in [7, 11) is 1.81. The Morgan fingerprint density at radius 1 is 1.21 bits per heavy atom. The fourth-order valence-electron chi connectivity index (χ4n) is 4.25. The van der Waals surface area contributed by atoms with Crippen LogP contribution in [0.4, 0.5) is 0 Å². The summed E-state index contributed by atoms with van der Waals surface area (Å²) in [4.78, 5) is 33.8. The van der Waals surface area contributed by atoms with E-state index in [1.807, 2.05) is 61.6 Å². The number of rotatable bonds is 7. The van der Waals surface area contributed by atoms with Crippen LogP contribution in [-0.2, 0) is 11.3 Å². The summed E-state index contributed by atoms with van der Waals surface area (Å²) < 4.78 is 12.5. The van der Waals surface area contributed by atoms with Gasteiger partial charge in [0.1, 0.15) is 17.6 Å². The summed E-state index contributed by atoms with van der Waals surface area (Å²) in [6, 6.07) is 17.6. The molecule has 1 aromatic heterocycles. The molecule has 0 aliphatic carbocycles. The number of carbonyl (C=O) groups is 2. The Labute approximate surface area is 207 Å². The van der Waals surface area contributed by atoms with Gasteiger partial charge >= 0.3 is 0 Å². The molecule has 3 aromatic rings. The average molecular weight is 526 g/mol. The number of halogens is 1. The lowest BCUT2D eigenvalue weighted by Gasteiger charge is -2.38. The standard InChI is InChI=1S/C26H28BrN3O4/c1-18-25(28-17-33-18)26(32)30-12-11-23(34-22-10-6-9-21(27)14-22)20(16-30)13-24(31)29(2)15-19-7-4-3-5-8-19/h3-10,14,17,20,23H,11-13,15-16H2,1-2H3/t20-,23-/m0/s1. The van der Waals surface area contributed by atoms with Gasteiger partial charge in [0.25, 0.3) is 5.91 Å². The van der Waals surface area contributed by atoms with E-state index < -0.39 is 0 Å². The lowest BCUT2D eigenvalue weighted by Crippen LogP contribution is -2.49. The first kappa shape index (κ1) is 24.0. The van der Waals surface area contributed by atoms with Gasteiger partial charge < -0.3 is 19.0 Å². The smallest absolute Gasteiger partial charge is 0.276 e. The van der Waals surface area contributed by atoms with Gasteiger partial charge in [-0.1, -0.05) is 52.3 Å². The molecule has 0 N–H and O–H groups in total. The lowest BCUT2D eigenvalue weighted by atomic mass is 9.90. The van der Waals surface area contributed by atoms with Crippen molar-refractivity contribution in [3.8, 4) is 5.75 Å². The molecule has 0 bridgehead atoms. The number of ether oxygens (including phenoxy) is 1. The lowest BCUT2D eigenvalue weighted by molar-refractivity contribution is -0.133. The van der Waals surface area contributed by atoms with Crippen molar-refractivity contribution in [3.63, 3.8) is 0 Å². The molecule has 34 heavy (non-hydrogen) atoms. The number of aryl methyl sites for hydroxylation is 1. The van der Waals surface area contributed by atoms with Gasteiger partial charge in [0.2, 0.25) is 5.91 Å². The van der Waals surface area contributed by atoms with E-state index in [0.29, 0.717) is 37.5 Å². The zero-order valence-electron chi connectivity index (χ0n) is 19.3. The van der Waals surface area contributed by atoms with Gasteiger partial charge in [0.05, 0.1) is 0 Å². The van der Waals surface area contributed by atoms with Gasteiger partial charge in [0, 0.05) is 49.9 Å². The Hall–Kier alpha value is -3.13. The number of benzene rings is 2. The molecule has 1 aliphatic rings. The highest BCUT2D eigenvalue weighted by atomic mass is 79.9. The van der Waals surface area contributed by atoms with E-state index in [0.717, 1.165) is 15.8 Å². The largest absolute Gasteiger partial charge is 0.490 e. The first-order valence-electron chi connectivity index (χ1n) is 11.3. The Balaban J connectivity index is 1.49. The molecule has 1 saturated heterocycles. The summed E-state index contributed by atoms with van der Waals surface area (Å²) >= 11 is 3.48. The van der Waals surface area contributed by atoms with Crippen molar-refractivity contribution >= 4 is 27.7 Å². The van der Waals surface area contributed by atoms with Crippen LogP contribution in [0.25, 0.3) is 0 Å². The van der Waals surface area contributed by atoms with E-state index in [1.54, 1.807) is 16.7 Å². The minimum absolute atomic E-state index is 0.0172. The number of piperidine rings is 1. The highest BCUT2D eigenvalue weighted by Crippen LogP contribution is 2.29. The molecule has 0 saturated carbocycles. The van der Waals surface area contributed by atoms with Gasteiger partial charge in [0.15, 0.2) is 12.1 Å². The molecule has 1 aliphatic heterocycles. The minimum Gasteiger partial charge on any atom is -0.490 e. The third-order valence-electron chi connectivity index (χ3n) is 6.11. The summed E-state index contributed by atoms with van der Waals surface area (Å²) in [6.07, 6.45) is 2.00. The van der Waals surface area contributed by atoms with Crippen LogP contribution in [-0.4, -0.2) is 52.8 Å². The first-order valence-corrected chi connectivity index (χ1v) is 12.1. The summed E-state index contributed by atoms with van der Waals surface area (Å²) in [5, 5.41) is 0. The second-order valence-corrected chi connectivity index (χ2v) is 9.53. The maximum absolute atomic E-state index is 13.2. The number of oxazole rings is 1. The van der Waals surface area contributed by atoms with E-state index in [1.165, 1.54) is 6.39 Å². The van der Waals surface area contributed by atoms with Crippen molar-refractivity contribution in [2.75, 3.05) is 20.1 Å². The Morgan fingerprint density at radius 3 is 2.71 bits per heavy atom. The van der Waals surface area contributed by atoms with Crippen LogP contribution in [0.15, 0.2) is 69.9 Å². The van der Waals surface area contributed by atoms with Crippen LogP contribution < -0.4 is 4.74 Å². The number of aromatic nitrogens is 1. The fourth-order valence-corrected chi connectivity index (χ4v) is 4.63.